The Morgan fingerprint density at radius 2 is 1.78 bits per heavy atom. The predicted molar refractivity (Wildman–Crippen MR) is 158 cm³/mol. The SMILES string of the molecule is Cc1cccc(C)c1-c1cccc([C@H](CC(=O)O)NC(=O)C(CC(C)C)n2cc(CN3CCC(F)C3)ccc2=O)c1. The first-order valence-corrected chi connectivity index (χ1v) is 14.3. The number of aliphatic carboxylic acids is 1. The molecule has 41 heavy (non-hydrogen) atoms. The van der Waals surface area contributed by atoms with Crippen molar-refractivity contribution in [2.45, 2.75) is 71.8 Å². The van der Waals surface area contributed by atoms with Crippen LogP contribution >= 0.6 is 0 Å². The van der Waals surface area contributed by atoms with E-state index in [-0.39, 0.29) is 17.9 Å². The number of aromatic nitrogens is 1. The van der Waals surface area contributed by atoms with Gasteiger partial charge in [0.15, 0.2) is 0 Å². The summed E-state index contributed by atoms with van der Waals surface area (Å²) < 4.78 is 15.2. The number of hydrogen-bond acceptors (Lipinski definition) is 4. The fourth-order valence-electron chi connectivity index (χ4n) is 5.74. The highest BCUT2D eigenvalue weighted by Crippen LogP contribution is 2.30. The minimum Gasteiger partial charge on any atom is -0.481 e. The summed E-state index contributed by atoms with van der Waals surface area (Å²) in [4.78, 5) is 40.7. The maximum absolute atomic E-state index is 13.8. The lowest BCUT2D eigenvalue weighted by Gasteiger charge is -2.26. The smallest absolute Gasteiger partial charge is 0.305 e. The summed E-state index contributed by atoms with van der Waals surface area (Å²) in [6.45, 7) is 9.51. The van der Waals surface area contributed by atoms with Crippen LogP contribution in [0.1, 0.15) is 67.4 Å². The van der Waals surface area contributed by atoms with Gasteiger partial charge < -0.3 is 15.0 Å². The molecular formula is C33H40FN3O4. The molecule has 7 nitrogen and oxygen atoms in total. The third-order valence-corrected chi connectivity index (χ3v) is 7.71. The van der Waals surface area contributed by atoms with Gasteiger partial charge in [-0.1, -0.05) is 56.3 Å². The molecule has 0 aliphatic carbocycles. The second kappa shape index (κ2) is 13.3. The highest BCUT2D eigenvalue weighted by Gasteiger charge is 2.28. The summed E-state index contributed by atoms with van der Waals surface area (Å²) >= 11 is 0. The normalized spacial score (nSPS) is 17.0. The molecule has 0 saturated carbocycles. The Kier molecular flexibility index (Phi) is 9.76. The van der Waals surface area contributed by atoms with E-state index in [0.29, 0.717) is 38.0 Å². The molecule has 2 aromatic carbocycles. The number of amides is 1. The molecule has 218 valence electrons. The second-order valence-electron chi connectivity index (χ2n) is 11.6. The molecule has 0 spiro atoms. The summed E-state index contributed by atoms with van der Waals surface area (Å²) in [6.07, 6.45) is 1.43. The Labute approximate surface area is 241 Å². The summed E-state index contributed by atoms with van der Waals surface area (Å²) in [5, 5.41) is 12.7. The van der Waals surface area contributed by atoms with Crippen molar-refractivity contribution in [3.8, 4) is 11.1 Å². The Balaban J connectivity index is 1.64. The van der Waals surface area contributed by atoms with Crippen LogP contribution in [0.4, 0.5) is 4.39 Å². The molecular weight excluding hydrogens is 521 g/mol. The number of hydrogen-bond donors (Lipinski definition) is 2. The number of carbonyl (C=O) groups excluding carboxylic acids is 1. The van der Waals surface area contributed by atoms with Crippen LogP contribution in [0.15, 0.2) is 65.6 Å². The number of aryl methyl sites for hydroxylation is 2. The van der Waals surface area contributed by atoms with Crippen molar-refractivity contribution in [2.24, 2.45) is 5.92 Å². The monoisotopic (exact) mass is 561 g/mol. The maximum atomic E-state index is 13.8. The van der Waals surface area contributed by atoms with E-state index in [4.69, 9.17) is 0 Å². The first-order valence-electron chi connectivity index (χ1n) is 14.3. The average molecular weight is 562 g/mol. The minimum absolute atomic E-state index is 0.0949. The van der Waals surface area contributed by atoms with Gasteiger partial charge in [-0.3, -0.25) is 19.3 Å². The number of benzene rings is 2. The average Bonchev–Trinajstić information content (AvgIpc) is 3.32. The number of carboxylic acids is 1. The Bertz CT molecular complexity index is 1430. The van der Waals surface area contributed by atoms with Crippen LogP contribution < -0.4 is 10.9 Å². The number of likely N-dealkylation sites (tertiary alicyclic amines) is 1. The lowest BCUT2D eigenvalue weighted by Crippen LogP contribution is -2.40. The Morgan fingerprint density at radius 1 is 1.07 bits per heavy atom. The molecule has 1 aromatic heterocycles. The predicted octanol–water partition coefficient (Wildman–Crippen LogP) is 5.60. The van der Waals surface area contributed by atoms with Gasteiger partial charge in [0.2, 0.25) is 5.91 Å². The van der Waals surface area contributed by atoms with Crippen LogP contribution in [-0.2, 0) is 16.1 Å². The van der Waals surface area contributed by atoms with Crippen molar-refractivity contribution >= 4 is 11.9 Å². The van der Waals surface area contributed by atoms with Crippen molar-refractivity contribution in [2.75, 3.05) is 13.1 Å². The lowest BCUT2D eigenvalue weighted by atomic mass is 9.92. The third-order valence-electron chi connectivity index (χ3n) is 7.71. The van der Waals surface area contributed by atoms with E-state index in [1.165, 1.54) is 10.6 Å². The van der Waals surface area contributed by atoms with Gasteiger partial charge in [0.1, 0.15) is 12.2 Å². The molecule has 2 heterocycles. The maximum Gasteiger partial charge on any atom is 0.305 e. The van der Waals surface area contributed by atoms with Crippen LogP contribution in [0, 0.1) is 19.8 Å². The zero-order chi connectivity index (χ0) is 29.7. The van der Waals surface area contributed by atoms with E-state index in [2.05, 4.69) is 5.32 Å². The van der Waals surface area contributed by atoms with Crippen molar-refractivity contribution in [3.05, 3.63) is 93.4 Å². The van der Waals surface area contributed by atoms with E-state index in [1.54, 1.807) is 12.3 Å². The lowest BCUT2D eigenvalue weighted by molar-refractivity contribution is -0.138. The fourth-order valence-corrected chi connectivity index (χ4v) is 5.74. The van der Waals surface area contributed by atoms with Crippen molar-refractivity contribution < 1.29 is 19.1 Å². The van der Waals surface area contributed by atoms with E-state index in [0.717, 1.165) is 27.8 Å². The van der Waals surface area contributed by atoms with Gasteiger partial charge in [-0.15, -0.1) is 0 Å². The van der Waals surface area contributed by atoms with Gasteiger partial charge >= 0.3 is 5.97 Å². The van der Waals surface area contributed by atoms with Crippen LogP contribution in [0.2, 0.25) is 0 Å². The summed E-state index contributed by atoms with van der Waals surface area (Å²) in [5.74, 6) is -1.35. The Morgan fingerprint density at radius 3 is 2.41 bits per heavy atom. The number of carbonyl (C=O) groups is 2. The quantitative estimate of drug-likeness (QED) is 0.318. The molecule has 1 aliphatic rings. The van der Waals surface area contributed by atoms with Crippen LogP contribution in [-0.4, -0.2) is 45.7 Å². The summed E-state index contributed by atoms with van der Waals surface area (Å²) in [7, 11) is 0. The first-order chi connectivity index (χ1) is 19.5. The molecule has 0 bridgehead atoms. The molecule has 2 unspecified atom stereocenters. The molecule has 1 amide bonds. The molecule has 8 heteroatoms. The van der Waals surface area contributed by atoms with Gasteiger partial charge in [-0.2, -0.15) is 0 Å². The summed E-state index contributed by atoms with van der Waals surface area (Å²) in [5.41, 5.74) is 5.42. The van der Waals surface area contributed by atoms with E-state index < -0.39 is 30.1 Å². The van der Waals surface area contributed by atoms with Gasteiger partial charge in [-0.25, -0.2) is 4.39 Å². The van der Waals surface area contributed by atoms with Crippen LogP contribution in [0.25, 0.3) is 11.1 Å². The number of carboxylic acid groups (broad SMARTS) is 1. The highest BCUT2D eigenvalue weighted by atomic mass is 19.1. The topological polar surface area (TPSA) is 91.6 Å². The van der Waals surface area contributed by atoms with Crippen molar-refractivity contribution in [1.82, 2.24) is 14.8 Å². The highest BCUT2D eigenvalue weighted by molar-refractivity contribution is 5.82. The van der Waals surface area contributed by atoms with Crippen LogP contribution in [0.5, 0.6) is 0 Å². The molecule has 3 aromatic rings. The van der Waals surface area contributed by atoms with E-state index >= 15 is 0 Å². The van der Waals surface area contributed by atoms with E-state index in [1.807, 2.05) is 75.1 Å². The fraction of sp³-hybridized carbons (Fsp3) is 0.424. The third kappa shape index (κ3) is 7.70. The Hall–Kier alpha value is -3.78. The number of pyridine rings is 1. The van der Waals surface area contributed by atoms with Gasteiger partial charge in [-0.05, 0) is 72.1 Å². The molecule has 3 atom stereocenters. The van der Waals surface area contributed by atoms with Crippen LogP contribution in [0.3, 0.4) is 0 Å². The van der Waals surface area contributed by atoms with Crippen molar-refractivity contribution in [3.63, 3.8) is 0 Å². The second-order valence-corrected chi connectivity index (χ2v) is 11.6. The molecule has 1 fully saturated rings. The summed E-state index contributed by atoms with van der Waals surface area (Å²) in [6, 6.07) is 15.2. The number of nitrogens with one attached hydrogen (secondary N) is 1. The largest absolute Gasteiger partial charge is 0.481 e. The molecule has 2 N–H and O–H groups in total. The zero-order valence-corrected chi connectivity index (χ0v) is 24.3. The van der Waals surface area contributed by atoms with Crippen molar-refractivity contribution in [1.29, 1.82) is 0 Å². The standard InChI is InChI=1S/C33H40FN3O4/c1-21(2)15-29(37-19-24(11-12-30(37)38)18-36-14-13-27(34)20-36)33(41)35-28(17-31(39)40)25-9-6-10-26(16-25)32-22(3)7-5-8-23(32)4/h5-12,16,19,21,27-29H,13-15,17-18,20H2,1-4H3,(H,35,41)(H,39,40)/t27?,28-,29?/m0/s1. The number of nitrogens with zero attached hydrogens (tertiary/aromatic N) is 2. The number of rotatable bonds is 11. The van der Waals surface area contributed by atoms with E-state index in [9.17, 15) is 23.9 Å². The zero-order valence-electron chi connectivity index (χ0n) is 24.3. The number of alkyl halides is 1. The molecule has 4 rings (SSSR count). The van der Waals surface area contributed by atoms with Gasteiger partial charge in [0, 0.05) is 31.9 Å². The van der Waals surface area contributed by atoms with Gasteiger partial charge in [0.05, 0.1) is 12.5 Å². The first kappa shape index (κ1) is 30.2. The van der Waals surface area contributed by atoms with Gasteiger partial charge in [0.25, 0.3) is 5.56 Å². The molecule has 1 saturated heterocycles. The minimum atomic E-state index is -1.04. The molecule has 1 aliphatic heterocycles. The number of halogens is 1. The molecule has 0 radical (unpaired) electrons.